The van der Waals surface area contributed by atoms with E-state index in [1.54, 1.807) is 0 Å². The molecular formula is C19H14INO. The first-order chi connectivity index (χ1) is 10.7. The molecule has 0 saturated heterocycles. The maximum absolute atomic E-state index is 12.3. The minimum Gasteiger partial charge on any atom is -0.325 e. The lowest BCUT2D eigenvalue weighted by Crippen LogP contribution is -2.24. The molecule has 0 bridgehead atoms. The second-order valence-corrected chi connectivity index (χ2v) is 6.74. The monoisotopic (exact) mass is 399 g/mol. The van der Waals surface area contributed by atoms with Gasteiger partial charge >= 0.3 is 0 Å². The molecule has 4 rings (SSSR count). The smallest absolute Gasteiger partial charge is 0.225 e. The largest absolute Gasteiger partial charge is 0.325 e. The van der Waals surface area contributed by atoms with Gasteiger partial charge in [0.25, 0.3) is 0 Å². The van der Waals surface area contributed by atoms with Crippen molar-refractivity contribution < 1.29 is 4.79 Å². The van der Waals surface area contributed by atoms with E-state index < -0.39 is 0 Å². The third-order valence-corrected chi connectivity index (χ3v) is 5.25. The van der Waals surface area contributed by atoms with Crippen LogP contribution in [-0.4, -0.2) is 5.91 Å². The highest BCUT2D eigenvalue weighted by atomic mass is 127. The Morgan fingerprint density at radius 3 is 2.55 bits per heavy atom. The number of fused-ring (bicyclic) bond motifs is 3. The lowest BCUT2D eigenvalue weighted by molar-refractivity contribution is -0.116. The molecule has 1 atom stereocenters. The predicted molar refractivity (Wildman–Crippen MR) is 98.2 cm³/mol. The van der Waals surface area contributed by atoms with Gasteiger partial charge in [-0.3, -0.25) is 4.79 Å². The van der Waals surface area contributed by atoms with Gasteiger partial charge in [0.15, 0.2) is 0 Å². The molecule has 1 aliphatic rings. The van der Waals surface area contributed by atoms with Gasteiger partial charge in [0.1, 0.15) is 0 Å². The summed E-state index contributed by atoms with van der Waals surface area (Å²) >= 11 is 2.35. The van der Waals surface area contributed by atoms with Crippen molar-refractivity contribution in [1.82, 2.24) is 0 Å². The number of hydrogen-bond acceptors (Lipinski definition) is 1. The van der Waals surface area contributed by atoms with E-state index in [1.165, 1.54) is 14.7 Å². The lowest BCUT2D eigenvalue weighted by Gasteiger charge is -2.28. The fourth-order valence-corrected chi connectivity index (χ4v) is 4.00. The van der Waals surface area contributed by atoms with Crippen LogP contribution < -0.4 is 5.32 Å². The number of carbonyl (C=O) groups excluding carboxylic acids is 1. The van der Waals surface area contributed by atoms with Crippen LogP contribution in [0.4, 0.5) is 5.69 Å². The van der Waals surface area contributed by atoms with E-state index in [1.807, 2.05) is 24.3 Å². The van der Waals surface area contributed by atoms with Gasteiger partial charge in [-0.1, -0.05) is 54.6 Å². The molecular weight excluding hydrogens is 385 g/mol. The summed E-state index contributed by atoms with van der Waals surface area (Å²) in [5.41, 5.74) is 3.41. The molecule has 0 aliphatic carbocycles. The highest BCUT2D eigenvalue weighted by Gasteiger charge is 2.28. The highest BCUT2D eigenvalue weighted by Crippen LogP contribution is 2.41. The summed E-state index contributed by atoms with van der Waals surface area (Å²) in [5.74, 6) is 0.218. The van der Waals surface area contributed by atoms with E-state index in [2.05, 4.69) is 64.3 Å². The number of rotatable bonds is 1. The molecule has 1 amide bonds. The van der Waals surface area contributed by atoms with Crippen molar-refractivity contribution in [3.63, 3.8) is 0 Å². The Morgan fingerprint density at radius 1 is 0.909 bits per heavy atom. The fraction of sp³-hybridized carbons (Fsp3) is 0.105. The summed E-state index contributed by atoms with van der Waals surface area (Å²) in [4.78, 5) is 12.3. The average Bonchev–Trinajstić information content (AvgIpc) is 2.54. The quantitative estimate of drug-likeness (QED) is 0.579. The molecule has 0 saturated carbocycles. The summed E-state index contributed by atoms with van der Waals surface area (Å²) < 4.78 is 1.21. The summed E-state index contributed by atoms with van der Waals surface area (Å²) in [5, 5.41) is 5.35. The summed E-state index contributed by atoms with van der Waals surface area (Å²) in [6.45, 7) is 0. The van der Waals surface area contributed by atoms with Gasteiger partial charge in [-0.2, -0.15) is 0 Å². The SMILES string of the molecule is O=C1C[C@@H](c2ccccc2I)c2ccc3ccccc3c2N1. The van der Waals surface area contributed by atoms with Crippen molar-refractivity contribution >= 4 is 45.0 Å². The van der Waals surface area contributed by atoms with Crippen molar-refractivity contribution in [2.75, 3.05) is 5.32 Å². The molecule has 3 aromatic rings. The second-order valence-electron chi connectivity index (χ2n) is 5.58. The van der Waals surface area contributed by atoms with Crippen LogP contribution >= 0.6 is 22.6 Å². The van der Waals surface area contributed by atoms with Gasteiger partial charge in [0, 0.05) is 21.3 Å². The van der Waals surface area contributed by atoms with Crippen molar-refractivity contribution in [3.05, 3.63) is 75.4 Å². The molecule has 0 spiro atoms. The van der Waals surface area contributed by atoms with Crippen LogP contribution in [0.1, 0.15) is 23.5 Å². The lowest BCUT2D eigenvalue weighted by atomic mass is 9.83. The maximum Gasteiger partial charge on any atom is 0.225 e. The minimum absolute atomic E-state index is 0.0912. The Hall–Kier alpha value is -1.88. The number of carbonyl (C=O) groups is 1. The Kier molecular flexibility index (Phi) is 3.37. The summed E-state index contributed by atoms with van der Waals surface area (Å²) in [6, 6.07) is 20.8. The number of halogens is 1. The van der Waals surface area contributed by atoms with E-state index in [9.17, 15) is 4.79 Å². The molecule has 3 heteroatoms. The molecule has 0 radical (unpaired) electrons. The first-order valence-corrected chi connectivity index (χ1v) is 8.38. The van der Waals surface area contributed by atoms with Crippen LogP contribution in [0, 0.1) is 3.57 Å². The van der Waals surface area contributed by atoms with E-state index in [4.69, 9.17) is 0 Å². The number of nitrogens with one attached hydrogen (secondary N) is 1. The molecule has 0 unspecified atom stereocenters. The molecule has 3 aromatic carbocycles. The van der Waals surface area contributed by atoms with Gasteiger partial charge in [0.05, 0.1) is 5.69 Å². The normalized spacial score (nSPS) is 17.1. The Bertz CT molecular complexity index is 887. The molecule has 2 nitrogen and oxygen atoms in total. The molecule has 1 N–H and O–H groups in total. The van der Waals surface area contributed by atoms with Crippen LogP contribution in [0.15, 0.2) is 60.7 Å². The second kappa shape index (κ2) is 5.39. The van der Waals surface area contributed by atoms with Crippen LogP contribution in [0.2, 0.25) is 0 Å². The van der Waals surface area contributed by atoms with Crippen LogP contribution in [-0.2, 0) is 4.79 Å². The molecule has 1 heterocycles. The zero-order valence-electron chi connectivity index (χ0n) is 11.8. The number of anilines is 1. The molecule has 1 aliphatic heterocycles. The van der Waals surface area contributed by atoms with E-state index in [0.29, 0.717) is 6.42 Å². The van der Waals surface area contributed by atoms with Crippen molar-refractivity contribution in [2.24, 2.45) is 0 Å². The topological polar surface area (TPSA) is 29.1 Å². The van der Waals surface area contributed by atoms with Gasteiger partial charge in [-0.25, -0.2) is 0 Å². The Balaban J connectivity index is 1.97. The maximum atomic E-state index is 12.3. The van der Waals surface area contributed by atoms with Gasteiger partial charge in [-0.15, -0.1) is 0 Å². The van der Waals surface area contributed by atoms with Crippen molar-refractivity contribution in [1.29, 1.82) is 0 Å². The highest BCUT2D eigenvalue weighted by molar-refractivity contribution is 14.1. The number of amides is 1. The molecule has 108 valence electrons. The zero-order chi connectivity index (χ0) is 15.1. The third-order valence-electron chi connectivity index (χ3n) is 4.27. The Labute approximate surface area is 142 Å². The van der Waals surface area contributed by atoms with Gasteiger partial charge in [-0.05, 0) is 45.2 Å². The first kappa shape index (κ1) is 13.8. The third kappa shape index (κ3) is 2.20. The summed E-state index contributed by atoms with van der Waals surface area (Å²) in [6.07, 6.45) is 0.505. The molecule has 0 aromatic heterocycles. The molecule has 22 heavy (non-hydrogen) atoms. The van der Waals surface area contributed by atoms with Gasteiger partial charge < -0.3 is 5.32 Å². The summed E-state index contributed by atoms with van der Waals surface area (Å²) in [7, 11) is 0. The van der Waals surface area contributed by atoms with E-state index in [-0.39, 0.29) is 11.8 Å². The van der Waals surface area contributed by atoms with Crippen LogP contribution in [0.25, 0.3) is 10.8 Å². The van der Waals surface area contributed by atoms with Gasteiger partial charge in [0.2, 0.25) is 5.91 Å². The molecule has 0 fully saturated rings. The minimum atomic E-state index is 0.0912. The van der Waals surface area contributed by atoms with E-state index >= 15 is 0 Å². The van der Waals surface area contributed by atoms with Crippen molar-refractivity contribution in [2.45, 2.75) is 12.3 Å². The number of benzene rings is 3. The zero-order valence-corrected chi connectivity index (χ0v) is 14.0. The predicted octanol–water partition coefficient (Wildman–Crippen LogP) is 4.92. The number of hydrogen-bond donors (Lipinski definition) is 1. The standard InChI is InChI=1S/C19H14INO/c20-17-8-4-3-7-14(17)16-11-18(22)21-19-13-6-2-1-5-12(13)9-10-15(16)19/h1-10,16H,11H2,(H,21,22)/t16-/m0/s1. The van der Waals surface area contributed by atoms with Crippen LogP contribution in [0.3, 0.4) is 0 Å². The fourth-order valence-electron chi connectivity index (χ4n) is 3.24. The first-order valence-electron chi connectivity index (χ1n) is 7.30. The Morgan fingerprint density at radius 2 is 1.68 bits per heavy atom. The average molecular weight is 399 g/mol. The van der Waals surface area contributed by atoms with Crippen molar-refractivity contribution in [3.8, 4) is 0 Å². The van der Waals surface area contributed by atoms with E-state index in [0.717, 1.165) is 16.5 Å². The van der Waals surface area contributed by atoms with Crippen LogP contribution in [0.5, 0.6) is 0 Å².